The Hall–Kier alpha value is -1.83. The van der Waals surface area contributed by atoms with Crippen LogP contribution < -0.4 is 4.74 Å². The average Bonchev–Trinajstić information content (AvgIpc) is 2.63. The number of carbonyl (C=O) groups excluding carboxylic acids is 1. The van der Waals surface area contributed by atoms with Crippen molar-refractivity contribution in [3.63, 3.8) is 0 Å². The monoisotopic (exact) mass is 379 g/mol. The van der Waals surface area contributed by atoms with Crippen molar-refractivity contribution in [3.05, 3.63) is 54.1 Å². The van der Waals surface area contributed by atoms with Crippen molar-refractivity contribution in [2.45, 2.75) is 23.6 Å². The third-order valence-corrected chi connectivity index (χ3v) is 6.47. The highest BCUT2D eigenvalue weighted by Gasteiger charge is 2.22. The molecule has 0 amide bonds. The third kappa shape index (κ3) is 4.62. The minimum Gasteiger partial charge on any atom is -0.423 e. The maximum Gasteiger partial charge on any atom is 0.343 e. The lowest BCUT2D eigenvalue weighted by Crippen LogP contribution is -2.30. The van der Waals surface area contributed by atoms with E-state index in [0.29, 0.717) is 18.8 Å². The highest BCUT2D eigenvalue weighted by molar-refractivity contribution is 7.98. The van der Waals surface area contributed by atoms with Crippen LogP contribution in [0.2, 0.25) is 0 Å². The summed E-state index contributed by atoms with van der Waals surface area (Å²) in [6.45, 7) is 4.29. The molecule has 25 heavy (non-hydrogen) atoms. The van der Waals surface area contributed by atoms with E-state index in [1.54, 1.807) is 49.9 Å². The highest BCUT2D eigenvalue weighted by atomic mass is 32.2. The predicted molar refractivity (Wildman–Crippen MR) is 99.7 cm³/mol. The summed E-state index contributed by atoms with van der Waals surface area (Å²) in [5.41, 5.74) is 0.196. The molecule has 0 unspecified atom stereocenters. The van der Waals surface area contributed by atoms with Gasteiger partial charge >= 0.3 is 5.97 Å². The zero-order valence-corrected chi connectivity index (χ0v) is 16.1. The Kier molecular flexibility index (Phi) is 6.64. The van der Waals surface area contributed by atoms with Gasteiger partial charge in [-0.05, 0) is 48.7 Å². The van der Waals surface area contributed by atoms with Crippen LogP contribution in [-0.4, -0.2) is 38.0 Å². The average molecular weight is 380 g/mol. The van der Waals surface area contributed by atoms with Gasteiger partial charge in [-0.3, -0.25) is 0 Å². The van der Waals surface area contributed by atoms with E-state index in [0.717, 1.165) is 4.90 Å². The van der Waals surface area contributed by atoms with E-state index in [4.69, 9.17) is 4.74 Å². The van der Waals surface area contributed by atoms with Crippen molar-refractivity contribution in [1.82, 2.24) is 4.31 Å². The van der Waals surface area contributed by atoms with Gasteiger partial charge in [-0.1, -0.05) is 19.9 Å². The van der Waals surface area contributed by atoms with E-state index in [1.807, 2.05) is 18.4 Å². The van der Waals surface area contributed by atoms with Crippen LogP contribution in [0.5, 0.6) is 5.75 Å². The number of nitrogens with zero attached hydrogens (tertiary/aromatic N) is 1. The number of benzene rings is 2. The molecule has 0 aliphatic heterocycles. The lowest BCUT2D eigenvalue weighted by Gasteiger charge is -2.18. The van der Waals surface area contributed by atoms with Gasteiger partial charge in [0.15, 0.2) is 0 Å². The number of thioether (sulfide) groups is 1. The SMILES string of the molecule is CCN(CC)S(=O)(=O)c1cccc(C(=O)Oc2ccc(SC)cc2)c1. The number of esters is 1. The predicted octanol–water partition coefficient (Wildman–Crippen LogP) is 3.66. The Balaban J connectivity index is 2.23. The zero-order chi connectivity index (χ0) is 18.4. The van der Waals surface area contributed by atoms with Gasteiger partial charge in [0, 0.05) is 18.0 Å². The van der Waals surface area contributed by atoms with Gasteiger partial charge in [0.2, 0.25) is 10.0 Å². The molecule has 2 aromatic carbocycles. The maximum absolute atomic E-state index is 12.6. The van der Waals surface area contributed by atoms with Crippen molar-refractivity contribution < 1.29 is 17.9 Å². The summed E-state index contributed by atoms with van der Waals surface area (Å²) < 4.78 is 31.8. The minimum atomic E-state index is -3.62. The first-order valence-electron chi connectivity index (χ1n) is 7.88. The van der Waals surface area contributed by atoms with Crippen LogP contribution in [0.15, 0.2) is 58.3 Å². The second kappa shape index (κ2) is 8.51. The van der Waals surface area contributed by atoms with E-state index in [9.17, 15) is 13.2 Å². The Morgan fingerprint density at radius 2 is 1.72 bits per heavy atom. The molecule has 2 aromatic rings. The number of sulfonamides is 1. The Morgan fingerprint density at radius 3 is 2.28 bits per heavy atom. The number of ether oxygens (including phenoxy) is 1. The van der Waals surface area contributed by atoms with Gasteiger partial charge in [0.05, 0.1) is 10.5 Å². The smallest absolute Gasteiger partial charge is 0.343 e. The van der Waals surface area contributed by atoms with Crippen LogP contribution in [0.4, 0.5) is 0 Å². The summed E-state index contributed by atoms with van der Waals surface area (Å²) in [5.74, 6) is -0.173. The Morgan fingerprint density at radius 1 is 1.08 bits per heavy atom. The molecule has 0 saturated carbocycles. The molecule has 0 aliphatic rings. The second-order valence-corrected chi connectivity index (χ2v) is 8.00. The lowest BCUT2D eigenvalue weighted by atomic mass is 10.2. The number of hydrogen-bond donors (Lipinski definition) is 0. The fraction of sp³-hybridized carbons (Fsp3) is 0.278. The molecule has 0 atom stereocenters. The van der Waals surface area contributed by atoms with E-state index < -0.39 is 16.0 Å². The summed E-state index contributed by atoms with van der Waals surface area (Å²) in [5, 5.41) is 0. The van der Waals surface area contributed by atoms with E-state index in [2.05, 4.69) is 0 Å². The molecule has 0 bridgehead atoms. The molecule has 5 nitrogen and oxygen atoms in total. The number of carbonyl (C=O) groups is 1. The molecule has 2 rings (SSSR count). The van der Waals surface area contributed by atoms with Crippen LogP contribution in [0.3, 0.4) is 0 Å². The molecule has 0 N–H and O–H groups in total. The van der Waals surface area contributed by atoms with Crippen molar-refractivity contribution in [2.75, 3.05) is 19.3 Å². The van der Waals surface area contributed by atoms with Crippen LogP contribution >= 0.6 is 11.8 Å². The summed E-state index contributed by atoms with van der Waals surface area (Å²) in [6.07, 6.45) is 1.96. The maximum atomic E-state index is 12.6. The summed E-state index contributed by atoms with van der Waals surface area (Å²) in [6, 6.07) is 13.1. The molecular weight excluding hydrogens is 358 g/mol. The molecular formula is C18H21NO4S2. The van der Waals surface area contributed by atoms with Gasteiger partial charge < -0.3 is 4.74 Å². The molecule has 0 spiro atoms. The first-order chi connectivity index (χ1) is 11.9. The summed E-state index contributed by atoms with van der Waals surface area (Å²) >= 11 is 1.59. The first kappa shape index (κ1) is 19.5. The van der Waals surface area contributed by atoms with Crippen LogP contribution in [0, 0.1) is 0 Å². The van der Waals surface area contributed by atoms with Gasteiger partial charge in [0.1, 0.15) is 5.75 Å². The van der Waals surface area contributed by atoms with E-state index in [-0.39, 0.29) is 10.5 Å². The van der Waals surface area contributed by atoms with Gasteiger partial charge in [0.25, 0.3) is 0 Å². The molecule has 0 heterocycles. The molecule has 134 valence electrons. The molecule has 0 aliphatic carbocycles. The van der Waals surface area contributed by atoms with Crippen molar-refractivity contribution >= 4 is 27.8 Å². The van der Waals surface area contributed by atoms with Crippen LogP contribution in [0.1, 0.15) is 24.2 Å². The molecule has 7 heteroatoms. The van der Waals surface area contributed by atoms with E-state index >= 15 is 0 Å². The molecule has 0 fully saturated rings. The van der Waals surface area contributed by atoms with Gasteiger partial charge in [-0.25, -0.2) is 13.2 Å². The normalized spacial score (nSPS) is 11.5. The largest absolute Gasteiger partial charge is 0.423 e. The summed E-state index contributed by atoms with van der Waals surface area (Å²) in [7, 11) is -3.62. The van der Waals surface area contributed by atoms with Crippen molar-refractivity contribution in [2.24, 2.45) is 0 Å². The third-order valence-electron chi connectivity index (χ3n) is 3.68. The topological polar surface area (TPSA) is 63.7 Å². The Bertz CT molecular complexity index is 828. The lowest BCUT2D eigenvalue weighted by molar-refractivity contribution is 0.0734. The fourth-order valence-corrected chi connectivity index (χ4v) is 4.22. The minimum absolute atomic E-state index is 0.0865. The molecule has 0 saturated heterocycles. The second-order valence-electron chi connectivity index (χ2n) is 5.18. The molecule has 0 aromatic heterocycles. The summed E-state index contributed by atoms with van der Waals surface area (Å²) in [4.78, 5) is 13.5. The van der Waals surface area contributed by atoms with Gasteiger partial charge in [-0.2, -0.15) is 4.31 Å². The van der Waals surface area contributed by atoms with E-state index in [1.165, 1.54) is 16.4 Å². The molecule has 0 radical (unpaired) electrons. The zero-order valence-electron chi connectivity index (χ0n) is 14.4. The Labute approximate surface area is 153 Å². The number of hydrogen-bond acceptors (Lipinski definition) is 5. The number of rotatable bonds is 7. The highest BCUT2D eigenvalue weighted by Crippen LogP contribution is 2.21. The standard InChI is InChI=1S/C18H21NO4S2/c1-4-19(5-2)25(21,22)17-8-6-7-14(13-17)18(20)23-15-9-11-16(24-3)12-10-15/h6-13H,4-5H2,1-3H3. The first-order valence-corrected chi connectivity index (χ1v) is 10.5. The van der Waals surface area contributed by atoms with Crippen molar-refractivity contribution in [1.29, 1.82) is 0 Å². The van der Waals surface area contributed by atoms with Crippen LogP contribution in [0.25, 0.3) is 0 Å². The van der Waals surface area contributed by atoms with Crippen LogP contribution in [-0.2, 0) is 10.0 Å². The van der Waals surface area contributed by atoms with Crippen molar-refractivity contribution in [3.8, 4) is 5.75 Å². The quantitative estimate of drug-likeness (QED) is 0.417. The van der Waals surface area contributed by atoms with Gasteiger partial charge in [-0.15, -0.1) is 11.8 Å². The fourth-order valence-electron chi connectivity index (χ4n) is 2.31.